The maximum absolute atomic E-state index is 13.2. The fourth-order valence-electron chi connectivity index (χ4n) is 1.12. The van der Waals surface area contributed by atoms with E-state index < -0.39 is 29.2 Å². The van der Waals surface area contributed by atoms with Crippen LogP contribution in [0.15, 0.2) is 23.9 Å². The van der Waals surface area contributed by atoms with Gasteiger partial charge in [-0.2, -0.15) is 0 Å². The average molecular weight is 241 g/mol. The molecule has 6 heteroatoms. The van der Waals surface area contributed by atoms with E-state index in [-0.39, 0.29) is 5.56 Å². The number of carboxylic acids is 1. The van der Waals surface area contributed by atoms with E-state index in [1.165, 1.54) is 0 Å². The number of rotatable bonds is 3. The summed E-state index contributed by atoms with van der Waals surface area (Å²) >= 11 is 0. The second-order valence-corrected chi connectivity index (χ2v) is 3.21. The highest BCUT2D eigenvalue weighted by Crippen LogP contribution is 2.13. The van der Waals surface area contributed by atoms with Crippen molar-refractivity contribution in [2.24, 2.45) is 0 Å². The molecule has 0 fully saturated rings. The Labute approximate surface area is 95.6 Å². The lowest BCUT2D eigenvalue weighted by molar-refractivity contribution is -0.134. The minimum absolute atomic E-state index is 0.254. The lowest BCUT2D eigenvalue weighted by atomic mass is 10.1. The summed E-state index contributed by atoms with van der Waals surface area (Å²) in [5, 5.41) is 10.8. The third-order valence-corrected chi connectivity index (χ3v) is 1.80. The Hall–Kier alpha value is -2.24. The molecular weight excluding hydrogens is 232 g/mol. The number of carboxylic acid groups (broad SMARTS) is 1. The predicted octanol–water partition coefficient (Wildman–Crippen LogP) is 1.53. The average Bonchev–Trinajstić information content (AvgIpc) is 2.21. The molecule has 1 rings (SSSR count). The van der Waals surface area contributed by atoms with Crippen LogP contribution in [0.2, 0.25) is 0 Å². The van der Waals surface area contributed by atoms with Gasteiger partial charge in [-0.25, -0.2) is 13.6 Å². The first kappa shape index (κ1) is 12.8. The van der Waals surface area contributed by atoms with Crippen molar-refractivity contribution in [2.45, 2.75) is 6.92 Å². The van der Waals surface area contributed by atoms with Gasteiger partial charge in [0.1, 0.15) is 17.3 Å². The van der Waals surface area contributed by atoms with Crippen LogP contribution in [0.4, 0.5) is 8.78 Å². The number of nitrogens with one attached hydrogen (secondary N) is 1. The van der Waals surface area contributed by atoms with Gasteiger partial charge in [-0.15, -0.1) is 0 Å². The van der Waals surface area contributed by atoms with Crippen LogP contribution in [0.3, 0.4) is 0 Å². The molecule has 0 aromatic heterocycles. The molecule has 0 aliphatic carbocycles. The number of hydrogen-bond donors (Lipinski definition) is 2. The van der Waals surface area contributed by atoms with Gasteiger partial charge in [0.15, 0.2) is 0 Å². The molecule has 2 N–H and O–H groups in total. The monoisotopic (exact) mass is 241 g/mol. The summed E-state index contributed by atoms with van der Waals surface area (Å²) < 4.78 is 26.0. The Morgan fingerprint density at radius 1 is 1.35 bits per heavy atom. The fourth-order valence-corrected chi connectivity index (χ4v) is 1.12. The van der Waals surface area contributed by atoms with Gasteiger partial charge in [-0.05, 0) is 24.3 Å². The number of halogens is 2. The Kier molecular flexibility index (Phi) is 3.92. The maximum atomic E-state index is 13.2. The number of amides is 1. The van der Waals surface area contributed by atoms with E-state index in [4.69, 9.17) is 5.11 Å². The predicted molar refractivity (Wildman–Crippen MR) is 55.8 cm³/mol. The van der Waals surface area contributed by atoms with Crippen LogP contribution in [0, 0.1) is 11.6 Å². The van der Waals surface area contributed by atoms with E-state index in [9.17, 15) is 18.4 Å². The highest BCUT2D eigenvalue weighted by atomic mass is 19.1. The lowest BCUT2D eigenvalue weighted by Gasteiger charge is -2.03. The number of hydrogen-bond acceptors (Lipinski definition) is 2. The van der Waals surface area contributed by atoms with E-state index in [2.05, 4.69) is 0 Å². The van der Waals surface area contributed by atoms with Gasteiger partial charge >= 0.3 is 5.97 Å². The SMILES string of the molecule is CC(=O)NC(=Cc1cc(F)ccc1F)C(=O)O. The quantitative estimate of drug-likeness (QED) is 0.788. The molecule has 0 aliphatic rings. The Morgan fingerprint density at radius 3 is 2.53 bits per heavy atom. The van der Waals surface area contributed by atoms with Crippen molar-refractivity contribution in [1.82, 2.24) is 5.32 Å². The zero-order valence-electron chi connectivity index (χ0n) is 8.83. The lowest BCUT2D eigenvalue weighted by Crippen LogP contribution is -2.24. The van der Waals surface area contributed by atoms with Crippen molar-refractivity contribution in [3.05, 3.63) is 41.1 Å². The smallest absolute Gasteiger partial charge is 0.352 e. The van der Waals surface area contributed by atoms with Gasteiger partial charge in [0.05, 0.1) is 0 Å². The molecule has 0 unspecified atom stereocenters. The Bertz CT molecular complexity index is 497. The molecule has 0 bridgehead atoms. The molecule has 0 atom stereocenters. The second kappa shape index (κ2) is 5.20. The molecular formula is C11H9F2NO3. The second-order valence-electron chi connectivity index (χ2n) is 3.21. The highest BCUT2D eigenvalue weighted by molar-refractivity contribution is 5.96. The van der Waals surface area contributed by atoms with E-state index in [0.29, 0.717) is 0 Å². The van der Waals surface area contributed by atoms with Gasteiger partial charge in [0.2, 0.25) is 5.91 Å². The normalized spacial score (nSPS) is 11.1. The molecule has 1 aromatic rings. The standard InChI is InChI=1S/C11H9F2NO3/c1-6(15)14-10(11(16)17)5-7-4-8(12)2-3-9(7)13/h2-5H,1H3,(H,14,15)(H,16,17). The molecule has 0 aliphatic heterocycles. The van der Waals surface area contributed by atoms with Crippen LogP contribution < -0.4 is 5.32 Å². The molecule has 1 amide bonds. The molecule has 1 aromatic carbocycles. The van der Waals surface area contributed by atoms with Crippen LogP contribution in [0.1, 0.15) is 12.5 Å². The third-order valence-electron chi connectivity index (χ3n) is 1.80. The summed E-state index contributed by atoms with van der Waals surface area (Å²) in [5.41, 5.74) is -0.779. The summed E-state index contributed by atoms with van der Waals surface area (Å²) in [6.07, 6.45) is 0.849. The summed E-state index contributed by atoms with van der Waals surface area (Å²) in [6, 6.07) is 2.61. The minimum atomic E-state index is -1.44. The van der Waals surface area contributed by atoms with Crippen molar-refractivity contribution in [2.75, 3.05) is 0 Å². The Balaban J connectivity index is 3.16. The first-order valence-electron chi connectivity index (χ1n) is 4.58. The fraction of sp³-hybridized carbons (Fsp3) is 0.0909. The van der Waals surface area contributed by atoms with Crippen molar-refractivity contribution in [3.63, 3.8) is 0 Å². The van der Waals surface area contributed by atoms with Gasteiger partial charge < -0.3 is 10.4 Å². The zero-order valence-corrected chi connectivity index (χ0v) is 8.83. The number of carbonyl (C=O) groups excluding carboxylic acids is 1. The summed E-state index contributed by atoms with van der Waals surface area (Å²) in [7, 11) is 0. The van der Waals surface area contributed by atoms with E-state index in [0.717, 1.165) is 31.2 Å². The molecule has 0 radical (unpaired) electrons. The third kappa shape index (κ3) is 3.67. The van der Waals surface area contributed by atoms with Crippen LogP contribution in [0.5, 0.6) is 0 Å². The number of carbonyl (C=O) groups is 2. The minimum Gasteiger partial charge on any atom is -0.477 e. The van der Waals surface area contributed by atoms with Crippen LogP contribution in [0.25, 0.3) is 6.08 Å². The Morgan fingerprint density at radius 2 is 2.00 bits per heavy atom. The first-order chi connectivity index (χ1) is 7.90. The highest BCUT2D eigenvalue weighted by Gasteiger charge is 2.11. The summed E-state index contributed by atoms with van der Waals surface area (Å²) in [6.45, 7) is 1.11. The van der Waals surface area contributed by atoms with Gasteiger partial charge in [-0.1, -0.05) is 0 Å². The van der Waals surface area contributed by atoms with Crippen LogP contribution in [-0.2, 0) is 9.59 Å². The molecule has 0 spiro atoms. The van der Waals surface area contributed by atoms with Crippen LogP contribution in [-0.4, -0.2) is 17.0 Å². The number of aliphatic carboxylic acids is 1. The van der Waals surface area contributed by atoms with Crippen molar-refractivity contribution < 1.29 is 23.5 Å². The molecule has 17 heavy (non-hydrogen) atoms. The van der Waals surface area contributed by atoms with E-state index in [1.807, 2.05) is 5.32 Å². The summed E-state index contributed by atoms with van der Waals surface area (Å²) in [5.74, 6) is -3.54. The largest absolute Gasteiger partial charge is 0.477 e. The van der Waals surface area contributed by atoms with Crippen molar-refractivity contribution in [3.8, 4) is 0 Å². The number of benzene rings is 1. The molecule has 0 heterocycles. The zero-order chi connectivity index (χ0) is 13.0. The molecule has 4 nitrogen and oxygen atoms in total. The van der Waals surface area contributed by atoms with Crippen LogP contribution >= 0.6 is 0 Å². The summed E-state index contributed by atoms with van der Waals surface area (Å²) in [4.78, 5) is 21.5. The van der Waals surface area contributed by atoms with E-state index in [1.54, 1.807) is 0 Å². The van der Waals surface area contributed by atoms with Gasteiger partial charge in [-0.3, -0.25) is 4.79 Å². The maximum Gasteiger partial charge on any atom is 0.352 e. The molecule has 0 saturated heterocycles. The van der Waals surface area contributed by atoms with Crippen molar-refractivity contribution >= 4 is 18.0 Å². The van der Waals surface area contributed by atoms with Gasteiger partial charge in [0, 0.05) is 12.5 Å². The van der Waals surface area contributed by atoms with E-state index >= 15 is 0 Å². The molecule has 90 valence electrons. The topological polar surface area (TPSA) is 66.4 Å². The van der Waals surface area contributed by atoms with Crippen molar-refractivity contribution in [1.29, 1.82) is 0 Å². The van der Waals surface area contributed by atoms with Gasteiger partial charge in [0.25, 0.3) is 0 Å². The first-order valence-corrected chi connectivity index (χ1v) is 4.58. The molecule has 0 saturated carbocycles.